The summed E-state index contributed by atoms with van der Waals surface area (Å²) in [6.07, 6.45) is 12.4. The smallest absolute Gasteiger partial charge is 0.00745 e. The molecule has 1 fully saturated rings. The summed E-state index contributed by atoms with van der Waals surface area (Å²) in [6.45, 7) is 0. The summed E-state index contributed by atoms with van der Waals surface area (Å²) >= 11 is 1.97. The molecule has 0 bridgehead atoms. The molecule has 0 spiro atoms. The van der Waals surface area contributed by atoms with E-state index in [4.69, 9.17) is 0 Å². The highest BCUT2D eigenvalue weighted by molar-refractivity contribution is 7.98. The molecule has 1 rings (SSSR count). The molecule has 0 saturated heterocycles. The number of rotatable bonds is 6. The first kappa shape index (κ1) is 12.4. The zero-order chi connectivity index (χ0) is 10.2. The molecule has 1 N–H and O–H groups in total. The maximum atomic E-state index is 3.47. The lowest BCUT2D eigenvalue weighted by Gasteiger charge is -2.26. The van der Waals surface area contributed by atoms with Crippen LogP contribution in [0, 0.1) is 5.92 Å². The van der Waals surface area contributed by atoms with E-state index in [1.54, 1.807) is 0 Å². The largest absolute Gasteiger partial charge is 0.317 e. The monoisotopic (exact) mass is 215 g/mol. The second-order valence-corrected chi connectivity index (χ2v) is 5.49. The van der Waals surface area contributed by atoms with Crippen LogP contribution in [-0.4, -0.2) is 25.1 Å². The van der Waals surface area contributed by atoms with Crippen molar-refractivity contribution in [3.8, 4) is 0 Å². The van der Waals surface area contributed by atoms with Crippen LogP contribution in [0.25, 0.3) is 0 Å². The Kier molecular flexibility index (Phi) is 6.70. The highest BCUT2D eigenvalue weighted by Gasteiger charge is 2.17. The van der Waals surface area contributed by atoms with Gasteiger partial charge in [-0.1, -0.05) is 32.1 Å². The predicted molar refractivity (Wildman–Crippen MR) is 67.0 cm³/mol. The van der Waals surface area contributed by atoms with E-state index in [1.807, 2.05) is 11.8 Å². The van der Waals surface area contributed by atoms with Crippen molar-refractivity contribution in [2.45, 2.75) is 51.0 Å². The van der Waals surface area contributed by atoms with Crippen LogP contribution in [-0.2, 0) is 0 Å². The number of nitrogens with one attached hydrogen (secondary N) is 1. The zero-order valence-corrected chi connectivity index (χ0v) is 10.5. The molecular weight excluding hydrogens is 190 g/mol. The molecule has 0 aromatic heterocycles. The van der Waals surface area contributed by atoms with Gasteiger partial charge in [0.05, 0.1) is 0 Å². The maximum absolute atomic E-state index is 3.47. The van der Waals surface area contributed by atoms with Gasteiger partial charge in [-0.25, -0.2) is 0 Å². The molecule has 1 nitrogen and oxygen atoms in total. The Morgan fingerprint density at radius 3 is 2.57 bits per heavy atom. The second-order valence-electron chi connectivity index (χ2n) is 4.51. The van der Waals surface area contributed by atoms with Gasteiger partial charge < -0.3 is 5.32 Å². The van der Waals surface area contributed by atoms with Gasteiger partial charge in [0.1, 0.15) is 0 Å². The third-order valence-electron chi connectivity index (χ3n) is 3.42. The number of hydrogen-bond acceptors (Lipinski definition) is 2. The van der Waals surface area contributed by atoms with Crippen LogP contribution in [0.15, 0.2) is 0 Å². The molecule has 1 unspecified atom stereocenters. The van der Waals surface area contributed by atoms with Gasteiger partial charge in [0.25, 0.3) is 0 Å². The van der Waals surface area contributed by atoms with Crippen molar-refractivity contribution in [3.63, 3.8) is 0 Å². The van der Waals surface area contributed by atoms with Gasteiger partial charge in [-0.2, -0.15) is 11.8 Å². The Morgan fingerprint density at radius 2 is 2.00 bits per heavy atom. The molecule has 0 radical (unpaired) electrons. The molecule has 0 aromatic carbocycles. The quantitative estimate of drug-likeness (QED) is 0.729. The Balaban J connectivity index is 2.16. The average Bonchev–Trinajstić information content (AvgIpc) is 2.25. The van der Waals surface area contributed by atoms with Crippen molar-refractivity contribution in [1.82, 2.24) is 5.32 Å². The maximum Gasteiger partial charge on any atom is 0.00745 e. The van der Waals surface area contributed by atoms with Gasteiger partial charge in [0.15, 0.2) is 0 Å². The van der Waals surface area contributed by atoms with E-state index in [-0.39, 0.29) is 0 Å². The summed E-state index contributed by atoms with van der Waals surface area (Å²) in [6, 6.07) is 0.769. The predicted octanol–water partition coefficient (Wildman–Crippen LogP) is 3.30. The first-order valence-electron chi connectivity index (χ1n) is 6.03. The fourth-order valence-corrected chi connectivity index (χ4v) is 2.99. The molecule has 1 saturated carbocycles. The van der Waals surface area contributed by atoms with Crippen LogP contribution in [0.5, 0.6) is 0 Å². The van der Waals surface area contributed by atoms with E-state index in [2.05, 4.69) is 18.6 Å². The molecule has 0 aliphatic heterocycles. The lowest BCUT2D eigenvalue weighted by molar-refractivity contribution is 0.301. The molecule has 0 amide bonds. The van der Waals surface area contributed by atoms with Crippen LogP contribution in [0.2, 0.25) is 0 Å². The van der Waals surface area contributed by atoms with E-state index >= 15 is 0 Å². The summed E-state index contributed by atoms with van der Waals surface area (Å²) in [5.41, 5.74) is 0. The van der Waals surface area contributed by atoms with E-state index < -0.39 is 0 Å². The van der Waals surface area contributed by atoms with Gasteiger partial charge in [0, 0.05) is 6.04 Å². The van der Waals surface area contributed by atoms with Gasteiger partial charge in [-0.05, 0) is 37.8 Å². The Hall–Kier alpha value is 0.310. The molecule has 0 aromatic rings. The highest BCUT2D eigenvalue weighted by atomic mass is 32.2. The van der Waals surface area contributed by atoms with Crippen LogP contribution in [0.3, 0.4) is 0 Å². The molecule has 1 aliphatic carbocycles. The first-order chi connectivity index (χ1) is 6.86. The third kappa shape index (κ3) is 4.70. The Morgan fingerprint density at radius 1 is 1.29 bits per heavy atom. The lowest BCUT2D eigenvalue weighted by Crippen LogP contribution is -2.29. The summed E-state index contributed by atoms with van der Waals surface area (Å²) in [4.78, 5) is 0. The van der Waals surface area contributed by atoms with E-state index in [9.17, 15) is 0 Å². The minimum absolute atomic E-state index is 0.769. The Bertz CT molecular complexity index is 132. The van der Waals surface area contributed by atoms with Crippen molar-refractivity contribution in [2.24, 2.45) is 5.92 Å². The molecule has 84 valence electrons. The third-order valence-corrected chi connectivity index (χ3v) is 4.07. The minimum Gasteiger partial charge on any atom is -0.317 e. The fourth-order valence-electron chi connectivity index (χ4n) is 2.47. The van der Waals surface area contributed by atoms with Gasteiger partial charge in [-0.15, -0.1) is 0 Å². The summed E-state index contributed by atoms with van der Waals surface area (Å²) < 4.78 is 0. The number of thioether (sulfide) groups is 1. The van der Waals surface area contributed by atoms with Crippen LogP contribution < -0.4 is 5.32 Å². The molecule has 2 heteroatoms. The van der Waals surface area contributed by atoms with Crippen molar-refractivity contribution in [2.75, 3.05) is 19.1 Å². The summed E-state index contributed by atoms with van der Waals surface area (Å²) in [7, 11) is 2.12. The van der Waals surface area contributed by atoms with Crippen molar-refractivity contribution < 1.29 is 0 Å². The highest BCUT2D eigenvalue weighted by Crippen LogP contribution is 2.28. The van der Waals surface area contributed by atoms with Crippen LogP contribution in [0.4, 0.5) is 0 Å². The Labute approximate surface area is 93.4 Å². The fraction of sp³-hybridized carbons (Fsp3) is 1.00. The summed E-state index contributed by atoms with van der Waals surface area (Å²) in [5, 5.41) is 3.47. The molecule has 14 heavy (non-hydrogen) atoms. The zero-order valence-electron chi connectivity index (χ0n) is 9.72. The molecular formula is C12H25NS. The minimum atomic E-state index is 0.769. The van der Waals surface area contributed by atoms with Crippen molar-refractivity contribution >= 4 is 11.8 Å². The normalized spacial score (nSPS) is 21.0. The van der Waals surface area contributed by atoms with Crippen LogP contribution in [0.1, 0.15) is 44.9 Å². The van der Waals surface area contributed by atoms with Crippen molar-refractivity contribution in [3.05, 3.63) is 0 Å². The van der Waals surface area contributed by atoms with Crippen LogP contribution >= 0.6 is 11.8 Å². The number of hydrogen-bond donors (Lipinski definition) is 1. The van der Waals surface area contributed by atoms with E-state index in [0.29, 0.717) is 0 Å². The van der Waals surface area contributed by atoms with Gasteiger partial charge >= 0.3 is 0 Å². The first-order valence-corrected chi connectivity index (χ1v) is 7.42. The SMILES string of the molecule is CNC(CCSC)CC1CCCCC1. The lowest BCUT2D eigenvalue weighted by atomic mass is 9.84. The van der Waals surface area contributed by atoms with E-state index in [1.165, 1.54) is 50.7 Å². The van der Waals surface area contributed by atoms with E-state index in [0.717, 1.165) is 12.0 Å². The molecule has 1 aliphatic rings. The summed E-state index contributed by atoms with van der Waals surface area (Å²) in [5.74, 6) is 2.32. The molecule has 1 atom stereocenters. The average molecular weight is 215 g/mol. The van der Waals surface area contributed by atoms with Crippen molar-refractivity contribution in [1.29, 1.82) is 0 Å². The molecule has 0 heterocycles. The topological polar surface area (TPSA) is 12.0 Å². The second kappa shape index (κ2) is 7.58. The standard InChI is InChI=1S/C12H25NS/c1-13-12(8-9-14-2)10-11-6-4-3-5-7-11/h11-13H,3-10H2,1-2H3. The van der Waals surface area contributed by atoms with Gasteiger partial charge in [-0.3, -0.25) is 0 Å². The van der Waals surface area contributed by atoms with Gasteiger partial charge in [0.2, 0.25) is 0 Å².